The van der Waals surface area contributed by atoms with Crippen LogP contribution in [-0.2, 0) is 10.0 Å². The van der Waals surface area contributed by atoms with Gasteiger partial charge in [0.15, 0.2) is 0 Å². The van der Waals surface area contributed by atoms with Crippen LogP contribution in [0.25, 0.3) is 55.8 Å². The van der Waals surface area contributed by atoms with Crippen LogP contribution in [0.1, 0.15) is 10.4 Å². The zero-order valence-electron chi connectivity index (χ0n) is 22.3. The molecule has 3 heterocycles. The highest BCUT2D eigenvalue weighted by Gasteiger charge is 2.26. The molecule has 0 saturated carbocycles. The molecule has 9 nitrogen and oxygen atoms in total. The van der Waals surface area contributed by atoms with E-state index in [4.69, 9.17) is 4.42 Å². The molecule has 41 heavy (non-hydrogen) atoms. The number of imidazole rings is 1. The standard InChI is InChI=1S/C30H24FN5O4S/c1-32-30(37)27-22-14-21(18-5-4-6-19(13-18)29-34-23-11-12-33-16-24(23)35-29)25(36(2)41(3,38)39)15-26(22)40-28(27)17-7-9-20(31)10-8-17/h4-16H,1-3H3,(H,32,37)(H,34,35). The number of rotatable bonds is 6. The number of pyridine rings is 1. The number of aromatic nitrogens is 3. The summed E-state index contributed by atoms with van der Waals surface area (Å²) < 4.78 is 46.4. The van der Waals surface area contributed by atoms with Gasteiger partial charge in [-0.15, -0.1) is 0 Å². The first kappa shape index (κ1) is 26.2. The van der Waals surface area contributed by atoms with Crippen molar-refractivity contribution in [1.29, 1.82) is 0 Å². The van der Waals surface area contributed by atoms with Gasteiger partial charge in [0.05, 0.1) is 34.7 Å². The first-order chi connectivity index (χ1) is 19.6. The summed E-state index contributed by atoms with van der Waals surface area (Å²) >= 11 is 0. The van der Waals surface area contributed by atoms with Crippen molar-refractivity contribution in [2.45, 2.75) is 0 Å². The molecular weight excluding hydrogens is 545 g/mol. The smallest absolute Gasteiger partial charge is 0.255 e. The molecule has 3 aromatic carbocycles. The topological polar surface area (TPSA) is 121 Å². The zero-order chi connectivity index (χ0) is 28.9. The highest BCUT2D eigenvalue weighted by Crippen LogP contribution is 2.42. The molecule has 0 saturated heterocycles. The number of nitrogens with zero attached hydrogens (tertiary/aromatic N) is 3. The first-order valence-electron chi connectivity index (χ1n) is 12.6. The Hall–Kier alpha value is -5.03. The van der Waals surface area contributed by atoms with E-state index < -0.39 is 21.7 Å². The highest BCUT2D eigenvalue weighted by atomic mass is 32.2. The molecule has 1 amide bonds. The number of halogens is 1. The third-order valence-corrected chi connectivity index (χ3v) is 8.13. The molecule has 0 unspecified atom stereocenters. The molecule has 11 heteroatoms. The number of amides is 1. The Labute approximate surface area is 234 Å². The largest absolute Gasteiger partial charge is 0.455 e. The molecule has 3 aromatic heterocycles. The van der Waals surface area contributed by atoms with E-state index >= 15 is 0 Å². The summed E-state index contributed by atoms with van der Waals surface area (Å²) in [6, 6.07) is 18.3. The van der Waals surface area contributed by atoms with Crippen LogP contribution in [0.2, 0.25) is 0 Å². The van der Waals surface area contributed by atoms with Gasteiger partial charge in [-0.25, -0.2) is 17.8 Å². The Bertz CT molecular complexity index is 2030. The maximum Gasteiger partial charge on any atom is 0.255 e. The predicted molar refractivity (Wildman–Crippen MR) is 157 cm³/mol. The second-order valence-corrected chi connectivity index (χ2v) is 11.6. The monoisotopic (exact) mass is 569 g/mol. The fourth-order valence-electron chi connectivity index (χ4n) is 4.79. The first-order valence-corrected chi connectivity index (χ1v) is 14.4. The molecule has 0 fully saturated rings. The minimum absolute atomic E-state index is 0.245. The van der Waals surface area contributed by atoms with Gasteiger partial charge in [0.1, 0.15) is 23.0 Å². The van der Waals surface area contributed by atoms with Crippen molar-refractivity contribution in [3.8, 4) is 33.8 Å². The van der Waals surface area contributed by atoms with E-state index in [0.717, 1.165) is 22.9 Å². The number of fused-ring (bicyclic) bond motifs is 2. The fourth-order valence-corrected chi connectivity index (χ4v) is 5.29. The number of benzene rings is 3. The van der Waals surface area contributed by atoms with Crippen molar-refractivity contribution in [3.05, 3.63) is 90.5 Å². The van der Waals surface area contributed by atoms with Gasteiger partial charge < -0.3 is 14.7 Å². The van der Waals surface area contributed by atoms with Gasteiger partial charge >= 0.3 is 0 Å². The van der Waals surface area contributed by atoms with Crippen LogP contribution in [0.3, 0.4) is 0 Å². The Morgan fingerprint density at radius 2 is 1.78 bits per heavy atom. The van der Waals surface area contributed by atoms with Crippen LogP contribution in [0, 0.1) is 5.82 Å². The SMILES string of the molecule is CNC(=O)c1c(-c2ccc(F)cc2)oc2cc(N(C)S(C)(=O)=O)c(-c3cccc(-c4nc5ccncc5[nH]4)c3)cc12. The number of sulfonamides is 1. The van der Waals surface area contributed by atoms with Gasteiger partial charge in [-0.2, -0.15) is 0 Å². The summed E-state index contributed by atoms with van der Waals surface area (Å²) in [5, 5.41) is 3.12. The summed E-state index contributed by atoms with van der Waals surface area (Å²) in [7, 11) is -0.704. The molecule has 0 aliphatic rings. The summed E-state index contributed by atoms with van der Waals surface area (Å²) in [5.41, 5.74) is 4.99. The quantitative estimate of drug-likeness (QED) is 0.269. The number of aromatic amines is 1. The molecule has 0 atom stereocenters. The maximum atomic E-state index is 13.7. The molecule has 6 aromatic rings. The summed E-state index contributed by atoms with van der Waals surface area (Å²) in [5.74, 6) is 0.0465. The Morgan fingerprint density at radius 3 is 2.49 bits per heavy atom. The average molecular weight is 570 g/mol. The normalized spacial score (nSPS) is 11.7. The number of anilines is 1. The Balaban J connectivity index is 1.61. The number of carbonyl (C=O) groups is 1. The van der Waals surface area contributed by atoms with Crippen molar-refractivity contribution in [1.82, 2.24) is 20.3 Å². The Morgan fingerprint density at radius 1 is 1.02 bits per heavy atom. The summed E-state index contributed by atoms with van der Waals surface area (Å²) in [6.45, 7) is 0. The van der Waals surface area contributed by atoms with E-state index in [-0.39, 0.29) is 11.3 Å². The lowest BCUT2D eigenvalue weighted by molar-refractivity contribution is 0.0964. The lowest BCUT2D eigenvalue weighted by atomic mass is 9.97. The number of H-pyrrole nitrogens is 1. The molecule has 0 aliphatic carbocycles. The minimum Gasteiger partial charge on any atom is -0.455 e. The van der Waals surface area contributed by atoms with Crippen molar-refractivity contribution >= 4 is 43.6 Å². The van der Waals surface area contributed by atoms with E-state index in [2.05, 4.69) is 20.3 Å². The van der Waals surface area contributed by atoms with E-state index in [1.807, 2.05) is 30.3 Å². The molecule has 6 rings (SSSR count). The van der Waals surface area contributed by atoms with Crippen LogP contribution < -0.4 is 9.62 Å². The second kappa shape index (κ2) is 9.86. The zero-order valence-corrected chi connectivity index (χ0v) is 23.1. The van der Waals surface area contributed by atoms with Gasteiger partial charge in [0.25, 0.3) is 5.91 Å². The fraction of sp³-hybridized carbons (Fsp3) is 0.100. The van der Waals surface area contributed by atoms with Crippen LogP contribution in [0.15, 0.2) is 83.5 Å². The highest BCUT2D eigenvalue weighted by molar-refractivity contribution is 7.92. The van der Waals surface area contributed by atoms with Crippen LogP contribution in [0.5, 0.6) is 0 Å². The van der Waals surface area contributed by atoms with Gasteiger partial charge in [0.2, 0.25) is 10.0 Å². The molecule has 0 aliphatic heterocycles. The van der Waals surface area contributed by atoms with E-state index in [1.54, 1.807) is 24.5 Å². The lowest BCUT2D eigenvalue weighted by Gasteiger charge is -2.21. The van der Waals surface area contributed by atoms with Crippen LogP contribution in [-0.4, -0.2) is 49.6 Å². The number of furan rings is 1. The summed E-state index contributed by atoms with van der Waals surface area (Å²) in [4.78, 5) is 25.2. The van der Waals surface area contributed by atoms with Crippen molar-refractivity contribution < 1.29 is 22.0 Å². The van der Waals surface area contributed by atoms with Gasteiger partial charge in [-0.05, 0) is 48.0 Å². The number of hydrogen-bond acceptors (Lipinski definition) is 6. The third-order valence-electron chi connectivity index (χ3n) is 6.93. The van der Waals surface area contributed by atoms with Crippen molar-refractivity contribution in [2.24, 2.45) is 0 Å². The van der Waals surface area contributed by atoms with Crippen molar-refractivity contribution in [3.63, 3.8) is 0 Å². The van der Waals surface area contributed by atoms with E-state index in [9.17, 15) is 17.6 Å². The molecule has 0 radical (unpaired) electrons. The minimum atomic E-state index is -3.67. The van der Waals surface area contributed by atoms with Gasteiger partial charge in [-0.1, -0.05) is 18.2 Å². The number of nitrogens with one attached hydrogen (secondary N) is 2. The second-order valence-electron chi connectivity index (χ2n) is 9.55. The van der Waals surface area contributed by atoms with Crippen LogP contribution >= 0.6 is 0 Å². The predicted octanol–water partition coefficient (Wildman–Crippen LogP) is 5.60. The van der Waals surface area contributed by atoms with Crippen LogP contribution in [0.4, 0.5) is 10.1 Å². The maximum absolute atomic E-state index is 13.7. The van der Waals surface area contributed by atoms with Crippen molar-refractivity contribution in [2.75, 3.05) is 24.7 Å². The van der Waals surface area contributed by atoms with E-state index in [1.165, 1.54) is 42.7 Å². The summed E-state index contributed by atoms with van der Waals surface area (Å²) in [6.07, 6.45) is 4.48. The number of carbonyl (C=O) groups excluding carboxylic acids is 1. The average Bonchev–Trinajstić information content (AvgIpc) is 3.57. The molecule has 206 valence electrons. The molecule has 2 N–H and O–H groups in total. The molecule has 0 bridgehead atoms. The lowest BCUT2D eigenvalue weighted by Crippen LogP contribution is -2.25. The van der Waals surface area contributed by atoms with Gasteiger partial charge in [-0.3, -0.25) is 14.1 Å². The third kappa shape index (κ3) is 4.70. The molecule has 0 spiro atoms. The molecular formula is C30H24FN5O4S. The van der Waals surface area contributed by atoms with Gasteiger partial charge in [0, 0.05) is 48.4 Å². The Kier molecular flexibility index (Phi) is 6.30. The number of hydrogen-bond donors (Lipinski definition) is 2. The van der Waals surface area contributed by atoms with E-state index in [0.29, 0.717) is 39.2 Å².